The lowest BCUT2D eigenvalue weighted by Gasteiger charge is -2.32. The number of rotatable bonds is 11. The van der Waals surface area contributed by atoms with E-state index >= 15 is 0 Å². The van der Waals surface area contributed by atoms with Crippen LogP contribution in [0.1, 0.15) is 27.2 Å². The van der Waals surface area contributed by atoms with Gasteiger partial charge in [0.25, 0.3) is 0 Å². The van der Waals surface area contributed by atoms with E-state index in [0.717, 1.165) is 0 Å². The molecule has 0 aromatic rings. The number of hydrogen-bond acceptors (Lipinski definition) is 6. The van der Waals surface area contributed by atoms with Gasteiger partial charge < -0.3 is 24.6 Å². The Morgan fingerprint density at radius 1 is 1.35 bits per heavy atom. The standard InChI is InChI=1S/C14H29N2O5PS/c1-11(14(2,3)10-21-22(5,19)20-4)13(18)16-7-6-12(17)15-8-9-23/h11,19,23H,5-10H2,1-4H3,(H,15,17)(H,16,18). The van der Waals surface area contributed by atoms with E-state index < -0.39 is 13.0 Å². The summed E-state index contributed by atoms with van der Waals surface area (Å²) in [5, 5.41) is 5.41. The highest BCUT2D eigenvalue weighted by atomic mass is 32.1. The van der Waals surface area contributed by atoms with Gasteiger partial charge in [-0.3, -0.25) is 9.59 Å². The normalized spacial score (nSPS) is 15.6. The Bertz CT molecular complexity index is 445. The molecule has 0 spiro atoms. The van der Waals surface area contributed by atoms with Gasteiger partial charge in [0.1, 0.15) is 0 Å². The van der Waals surface area contributed by atoms with Gasteiger partial charge in [0.2, 0.25) is 19.4 Å². The van der Waals surface area contributed by atoms with Crippen LogP contribution in [0, 0.1) is 11.3 Å². The number of carbonyl (C=O) groups excluding carboxylic acids is 2. The predicted molar refractivity (Wildman–Crippen MR) is 96.7 cm³/mol. The van der Waals surface area contributed by atoms with Crippen molar-refractivity contribution < 1.29 is 23.5 Å². The SMILES string of the molecule is C=P(O)(OC)OCC(C)(C)C(C)C(=O)NCCC(=O)NCCS. The molecule has 2 amide bonds. The van der Waals surface area contributed by atoms with E-state index in [1.165, 1.54) is 7.11 Å². The zero-order valence-electron chi connectivity index (χ0n) is 14.3. The molecule has 0 aliphatic carbocycles. The molecular formula is C14H29N2O5PS. The molecule has 0 heterocycles. The van der Waals surface area contributed by atoms with Crippen LogP contribution in [0.4, 0.5) is 0 Å². The summed E-state index contributed by atoms with van der Waals surface area (Å²) < 4.78 is 10.1. The molecule has 2 unspecified atom stereocenters. The van der Waals surface area contributed by atoms with Crippen LogP contribution in [0.15, 0.2) is 0 Å². The number of nitrogens with one attached hydrogen (secondary N) is 2. The van der Waals surface area contributed by atoms with Crippen molar-refractivity contribution in [2.75, 3.05) is 32.6 Å². The summed E-state index contributed by atoms with van der Waals surface area (Å²) in [4.78, 5) is 33.3. The Balaban J connectivity index is 4.30. The maximum absolute atomic E-state index is 12.2. The second kappa shape index (κ2) is 10.4. The molecule has 136 valence electrons. The number of carbonyl (C=O) groups is 2. The Labute approximate surface area is 144 Å². The van der Waals surface area contributed by atoms with E-state index in [9.17, 15) is 14.5 Å². The van der Waals surface area contributed by atoms with E-state index in [0.29, 0.717) is 12.3 Å². The lowest BCUT2D eigenvalue weighted by atomic mass is 9.80. The van der Waals surface area contributed by atoms with Gasteiger partial charge in [-0.15, -0.1) is 0 Å². The van der Waals surface area contributed by atoms with E-state index in [4.69, 9.17) is 9.05 Å². The molecule has 0 aliphatic heterocycles. The first-order valence-corrected chi connectivity index (χ1v) is 9.77. The minimum Gasteiger partial charge on any atom is -0.355 e. The molecule has 7 nitrogen and oxygen atoms in total. The van der Waals surface area contributed by atoms with Crippen molar-refractivity contribution in [1.82, 2.24) is 10.6 Å². The monoisotopic (exact) mass is 368 g/mol. The lowest BCUT2D eigenvalue weighted by Crippen LogP contribution is -2.41. The van der Waals surface area contributed by atoms with Crippen molar-refractivity contribution in [2.24, 2.45) is 11.3 Å². The second-order valence-electron chi connectivity index (χ2n) is 5.92. The maximum atomic E-state index is 12.2. The molecule has 0 fully saturated rings. The van der Waals surface area contributed by atoms with Crippen molar-refractivity contribution in [2.45, 2.75) is 27.2 Å². The summed E-state index contributed by atoms with van der Waals surface area (Å²) in [5.41, 5.74) is -0.525. The second-order valence-corrected chi connectivity index (χ2v) is 8.26. The van der Waals surface area contributed by atoms with Gasteiger partial charge >= 0.3 is 0 Å². The molecular weight excluding hydrogens is 339 g/mol. The third-order valence-electron chi connectivity index (χ3n) is 3.57. The Hall–Kier alpha value is -0.530. The average molecular weight is 368 g/mol. The van der Waals surface area contributed by atoms with Crippen LogP contribution in [0.3, 0.4) is 0 Å². The van der Waals surface area contributed by atoms with Crippen LogP contribution >= 0.6 is 20.2 Å². The molecule has 0 aliphatic rings. The van der Waals surface area contributed by atoms with Crippen molar-refractivity contribution in [1.29, 1.82) is 0 Å². The fraction of sp³-hybridized carbons (Fsp3) is 0.786. The quantitative estimate of drug-likeness (QED) is 0.323. The van der Waals surface area contributed by atoms with Gasteiger partial charge in [0.15, 0.2) is 0 Å². The van der Waals surface area contributed by atoms with E-state index in [2.05, 4.69) is 29.6 Å². The van der Waals surface area contributed by atoms with Crippen molar-refractivity contribution in [3.8, 4) is 0 Å². The summed E-state index contributed by atoms with van der Waals surface area (Å²) in [7, 11) is -1.75. The largest absolute Gasteiger partial charge is 0.355 e. The highest BCUT2D eigenvalue weighted by molar-refractivity contribution is 7.80. The summed E-state index contributed by atoms with van der Waals surface area (Å²) in [6.07, 6.45) is 3.68. The number of thiol groups is 1. The maximum Gasteiger partial charge on any atom is 0.247 e. The van der Waals surface area contributed by atoms with E-state index in [1.54, 1.807) is 6.92 Å². The Morgan fingerprint density at radius 3 is 2.48 bits per heavy atom. The smallest absolute Gasteiger partial charge is 0.247 e. The molecule has 0 aromatic heterocycles. The van der Waals surface area contributed by atoms with Crippen LogP contribution in [-0.4, -0.2) is 55.6 Å². The summed E-state index contributed by atoms with van der Waals surface area (Å²) in [6.45, 7) is 6.38. The van der Waals surface area contributed by atoms with Crippen LogP contribution in [0.5, 0.6) is 0 Å². The fourth-order valence-corrected chi connectivity index (χ4v) is 2.29. The van der Waals surface area contributed by atoms with Gasteiger partial charge in [-0.2, -0.15) is 12.6 Å². The van der Waals surface area contributed by atoms with Crippen molar-refractivity contribution in [3.05, 3.63) is 0 Å². The minimum atomic E-state index is -3.08. The molecule has 0 aromatic carbocycles. The molecule has 0 rings (SSSR count). The highest BCUT2D eigenvalue weighted by Crippen LogP contribution is 2.44. The molecule has 0 bridgehead atoms. The summed E-state index contributed by atoms with van der Waals surface area (Å²) >= 11 is 4.00. The lowest BCUT2D eigenvalue weighted by molar-refractivity contribution is -0.128. The summed E-state index contributed by atoms with van der Waals surface area (Å²) in [5.74, 6) is -0.100. The highest BCUT2D eigenvalue weighted by Gasteiger charge is 2.33. The zero-order chi connectivity index (χ0) is 18.1. The topological polar surface area (TPSA) is 96.9 Å². The van der Waals surface area contributed by atoms with Crippen molar-refractivity contribution >= 4 is 38.3 Å². The van der Waals surface area contributed by atoms with Crippen LogP contribution in [0.2, 0.25) is 0 Å². The predicted octanol–water partition coefficient (Wildman–Crippen LogP) is 1.05. The van der Waals surface area contributed by atoms with Crippen molar-refractivity contribution in [3.63, 3.8) is 0 Å². The first kappa shape index (κ1) is 22.5. The number of amides is 2. The first-order valence-electron chi connectivity index (χ1n) is 7.37. The molecule has 0 saturated heterocycles. The zero-order valence-corrected chi connectivity index (χ0v) is 16.1. The molecule has 9 heteroatoms. The average Bonchev–Trinajstić information content (AvgIpc) is 2.50. The molecule has 2 atom stereocenters. The fourth-order valence-electron chi connectivity index (χ4n) is 1.54. The minimum absolute atomic E-state index is 0.124. The van der Waals surface area contributed by atoms with Gasteiger partial charge in [-0.05, 0) is 11.7 Å². The Morgan fingerprint density at radius 2 is 1.96 bits per heavy atom. The summed E-state index contributed by atoms with van der Waals surface area (Å²) in [6, 6.07) is 0. The van der Waals surface area contributed by atoms with Gasteiger partial charge in [-0.1, -0.05) is 20.8 Å². The Kier molecular flexibility index (Phi) is 10.1. The van der Waals surface area contributed by atoms with Gasteiger partial charge in [-0.25, -0.2) is 0 Å². The van der Waals surface area contributed by atoms with E-state index in [-0.39, 0.29) is 37.3 Å². The molecule has 0 radical (unpaired) electrons. The molecule has 3 N–H and O–H groups in total. The van der Waals surface area contributed by atoms with E-state index in [1.807, 2.05) is 13.8 Å². The molecule has 0 saturated carbocycles. The van der Waals surface area contributed by atoms with Gasteiger partial charge in [0, 0.05) is 38.3 Å². The van der Waals surface area contributed by atoms with Crippen LogP contribution < -0.4 is 10.6 Å². The first-order chi connectivity index (χ1) is 10.6. The third kappa shape index (κ3) is 9.37. The van der Waals surface area contributed by atoms with Crippen LogP contribution in [0.25, 0.3) is 0 Å². The third-order valence-corrected chi connectivity index (χ3v) is 4.90. The van der Waals surface area contributed by atoms with Gasteiger partial charge in [0.05, 0.1) is 6.61 Å². The number of hydrogen-bond donors (Lipinski definition) is 4. The van der Waals surface area contributed by atoms with Crippen LogP contribution in [-0.2, 0) is 18.6 Å². The molecule has 23 heavy (non-hydrogen) atoms.